The summed E-state index contributed by atoms with van der Waals surface area (Å²) in [5, 5.41) is 38.8. The Morgan fingerprint density at radius 3 is 1.10 bits per heavy atom. The van der Waals surface area contributed by atoms with Gasteiger partial charge in [0.2, 0.25) is 5.54 Å². The Morgan fingerprint density at radius 1 is 0.500 bits per heavy atom. The van der Waals surface area contributed by atoms with Crippen LogP contribution in [0, 0.1) is 6.57 Å². The minimum absolute atomic E-state index is 0.0715. The number of rotatable bonds is 18. The molecule has 5 rings (SSSR count). The van der Waals surface area contributed by atoms with E-state index in [0.29, 0.717) is 0 Å². The number of ether oxygens (including phenoxy) is 3. The average molecular weight is 1110 g/mol. The first-order valence-electron chi connectivity index (χ1n) is 27.8. The fourth-order valence-electron chi connectivity index (χ4n) is 10.4. The topological polar surface area (TPSA) is 226 Å². The Kier molecular flexibility index (Phi) is 18.7. The van der Waals surface area contributed by atoms with Crippen LogP contribution in [0.15, 0.2) is 36.4 Å². The number of imide groups is 1. The van der Waals surface area contributed by atoms with Crippen molar-refractivity contribution in [3.63, 3.8) is 0 Å². The molecule has 2 aliphatic rings. The molecule has 5 amide bonds. The van der Waals surface area contributed by atoms with Crippen LogP contribution in [0.4, 0.5) is 9.59 Å². The molecule has 0 aliphatic carbocycles. The standard InChI is InChI=1S/C63H89N5O12/c1-56(2,3)41-32-38(33-42(50(41)72)57(4,5)6)20-23-47(69)78-29-26-62-53(75)67(27-30-79-48(70)24-21-39-34-43(58(7,8)9)51(73)44(35-39)59(10,11)12)55(77)68(63(62,64-19)66-54(76)65-62)28-31-80-49(71)25-22-40-36-45(60(13,14)15)52(74)46(37-40)61(16,17)18/h32-37,72-74H,20-31H2,1-18H3,(H2,65,66,76). The number of nitrogens with one attached hydrogen (secondary N) is 2. The number of hydrogen-bond acceptors (Lipinski definition) is 12. The van der Waals surface area contributed by atoms with Gasteiger partial charge in [-0.1, -0.05) is 161 Å². The normalized spacial score (nSPS) is 18.1. The zero-order valence-electron chi connectivity index (χ0n) is 50.8. The molecular formula is C63H89N5O12. The van der Waals surface area contributed by atoms with Gasteiger partial charge in [-0.2, -0.15) is 0 Å². The zero-order valence-corrected chi connectivity index (χ0v) is 50.8. The lowest BCUT2D eigenvalue weighted by molar-refractivity contribution is -0.155. The number of phenols is 3. The van der Waals surface area contributed by atoms with E-state index in [4.69, 9.17) is 20.8 Å². The van der Waals surface area contributed by atoms with Crippen molar-refractivity contribution in [2.45, 2.75) is 213 Å². The van der Waals surface area contributed by atoms with Crippen LogP contribution in [0.5, 0.6) is 17.2 Å². The van der Waals surface area contributed by atoms with Gasteiger partial charge >= 0.3 is 35.8 Å². The Labute approximate surface area is 474 Å². The molecule has 17 heteroatoms. The van der Waals surface area contributed by atoms with Gasteiger partial charge in [0.15, 0.2) is 0 Å². The van der Waals surface area contributed by atoms with E-state index in [-0.39, 0.29) is 55.8 Å². The predicted octanol–water partition coefficient (Wildman–Crippen LogP) is 10.7. The van der Waals surface area contributed by atoms with E-state index in [1.807, 2.05) is 161 Å². The van der Waals surface area contributed by atoms with E-state index in [9.17, 15) is 44.1 Å². The summed E-state index contributed by atoms with van der Waals surface area (Å²) in [6, 6.07) is 9.26. The van der Waals surface area contributed by atoms with E-state index >= 15 is 0 Å². The highest BCUT2D eigenvalue weighted by atomic mass is 16.5. The zero-order chi connectivity index (χ0) is 60.5. The molecule has 2 aliphatic heterocycles. The van der Waals surface area contributed by atoms with Crippen LogP contribution in [0.1, 0.15) is 200 Å². The fraction of sp³-hybridized carbons (Fsp3) is 0.603. The molecule has 2 unspecified atom stereocenters. The summed E-state index contributed by atoms with van der Waals surface area (Å²) in [4.78, 5) is 88.9. The molecule has 0 radical (unpaired) electrons. The minimum Gasteiger partial charge on any atom is -0.507 e. The summed E-state index contributed by atoms with van der Waals surface area (Å²) in [6.45, 7) is 42.0. The van der Waals surface area contributed by atoms with Gasteiger partial charge in [-0.15, -0.1) is 0 Å². The van der Waals surface area contributed by atoms with Gasteiger partial charge in [0.05, 0.1) is 19.7 Å². The summed E-state index contributed by atoms with van der Waals surface area (Å²) in [5.41, 5.74) is 2.16. The maximum atomic E-state index is 14.9. The Hall–Kier alpha value is -6.83. The number of fused-ring (bicyclic) bond motifs is 1. The molecule has 80 heavy (non-hydrogen) atoms. The van der Waals surface area contributed by atoms with Crippen molar-refractivity contribution in [2.24, 2.45) is 0 Å². The second kappa shape index (κ2) is 23.3. The van der Waals surface area contributed by atoms with Gasteiger partial charge in [0.1, 0.15) is 30.5 Å². The smallest absolute Gasteiger partial charge is 0.428 e. The molecule has 2 saturated heterocycles. The maximum Gasteiger partial charge on any atom is 0.428 e. The first-order valence-corrected chi connectivity index (χ1v) is 27.8. The number of carbonyl (C=O) groups excluding carboxylic acids is 6. The number of aryl methyl sites for hydroxylation is 3. The van der Waals surface area contributed by atoms with Gasteiger partial charge < -0.3 is 34.8 Å². The molecule has 2 atom stereocenters. The van der Waals surface area contributed by atoms with Crippen molar-refractivity contribution in [2.75, 3.05) is 32.9 Å². The maximum absolute atomic E-state index is 14.9. The van der Waals surface area contributed by atoms with Crippen LogP contribution >= 0.6 is 0 Å². The van der Waals surface area contributed by atoms with Crippen molar-refractivity contribution >= 4 is 35.9 Å². The SMILES string of the molecule is [C-]#[N+]C12NC(=O)NC1(CCOC(=O)CCc1cc(C(C)(C)C)c(O)c(C(C)(C)C)c1)C(=O)N(CCOC(=O)CCc1cc(C(C)(C)C)c(O)c(C(C)(C)C)c1)C(=O)N2CCOC(=O)CCc1cc(C(C)(C)C)c(O)c(C(C)(C)C)c1. The van der Waals surface area contributed by atoms with E-state index < -0.39 is 119 Å². The molecule has 2 heterocycles. The summed E-state index contributed by atoms with van der Waals surface area (Å²) >= 11 is 0. The molecule has 2 fully saturated rings. The largest absolute Gasteiger partial charge is 0.507 e. The van der Waals surface area contributed by atoms with Crippen molar-refractivity contribution in [1.29, 1.82) is 0 Å². The van der Waals surface area contributed by atoms with E-state index in [0.717, 1.165) is 59.9 Å². The molecule has 3 aromatic rings. The third kappa shape index (κ3) is 14.2. The third-order valence-electron chi connectivity index (χ3n) is 14.9. The van der Waals surface area contributed by atoms with Crippen LogP contribution in [0.3, 0.4) is 0 Å². The molecule has 17 nitrogen and oxygen atoms in total. The van der Waals surface area contributed by atoms with Crippen molar-refractivity contribution < 1.29 is 58.3 Å². The van der Waals surface area contributed by atoms with Gasteiger partial charge in [-0.05, 0) is 102 Å². The lowest BCUT2D eigenvalue weighted by atomic mass is 9.78. The van der Waals surface area contributed by atoms with Crippen LogP contribution in [-0.2, 0) is 85.1 Å². The van der Waals surface area contributed by atoms with Crippen LogP contribution < -0.4 is 10.6 Å². The molecule has 0 bridgehead atoms. The Balaban J connectivity index is 1.38. The highest BCUT2D eigenvalue weighted by Gasteiger charge is 2.78. The molecule has 3 aromatic carbocycles. The lowest BCUT2D eigenvalue weighted by Gasteiger charge is -2.47. The van der Waals surface area contributed by atoms with Crippen molar-refractivity contribution in [1.82, 2.24) is 20.4 Å². The fourth-order valence-corrected chi connectivity index (χ4v) is 10.4. The second-order valence-corrected chi connectivity index (χ2v) is 27.7. The highest BCUT2D eigenvalue weighted by Crippen LogP contribution is 2.45. The highest BCUT2D eigenvalue weighted by molar-refractivity contribution is 6.08. The Bertz CT molecular complexity index is 2810. The van der Waals surface area contributed by atoms with Crippen LogP contribution in [0.2, 0.25) is 0 Å². The molecule has 0 saturated carbocycles. The number of phenolic OH excluding ortho intramolecular Hbond substituents is 3. The second-order valence-electron chi connectivity index (χ2n) is 27.7. The Morgan fingerprint density at radius 2 is 0.800 bits per heavy atom. The summed E-state index contributed by atoms with van der Waals surface area (Å²) in [6.07, 6.45) is 0.0736. The van der Waals surface area contributed by atoms with Gasteiger partial charge in [0.25, 0.3) is 5.91 Å². The van der Waals surface area contributed by atoms with Crippen molar-refractivity contribution in [3.8, 4) is 17.2 Å². The molecule has 0 aromatic heterocycles. The number of urea groups is 2. The number of nitrogens with zero attached hydrogens (tertiary/aromatic N) is 3. The van der Waals surface area contributed by atoms with Crippen molar-refractivity contribution in [3.05, 3.63) is 97.9 Å². The molecule has 5 N–H and O–H groups in total. The number of amides is 5. The average Bonchev–Trinajstić information content (AvgIpc) is 3.62. The molecule has 0 spiro atoms. The summed E-state index contributed by atoms with van der Waals surface area (Å²) in [5.74, 6) is -4.74. The minimum atomic E-state index is -2.43. The van der Waals surface area contributed by atoms with Gasteiger partial charge in [0, 0.05) is 25.7 Å². The number of benzene rings is 3. The predicted molar refractivity (Wildman–Crippen MR) is 307 cm³/mol. The summed E-state index contributed by atoms with van der Waals surface area (Å²) < 4.78 is 17.0. The first-order chi connectivity index (χ1) is 36.6. The van der Waals surface area contributed by atoms with Crippen LogP contribution in [0.25, 0.3) is 4.85 Å². The third-order valence-corrected chi connectivity index (χ3v) is 14.9. The molecule has 438 valence electrons. The number of carbonyl (C=O) groups is 6. The van der Waals surface area contributed by atoms with Gasteiger partial charge in [-0.25, -0.2) is 26.4 Å². The number of hydrogen-bond donors (Lipinski definition) is 5. The monoisotopic (exact) mass is 1110 g/mol. The van der Waals surface area contributed by atoms with Crippen LogP contribution in [-0.4, -0.2) is 105 Å². The van der Waals surface area contributed by atoms with E-state index in [1.165, 1.54) is 0 Å². The van der Waals surface area contributed by atoms with E-state index in [2.05, 4.69) is 15.5 Å². The lowest BCUT2D eigenvalue weighted by Crippen LogP contribution is -2.80. The summed E-state index contributed by atoms with van der Waals surface area (Å²) in [7, 11) is 0. The van der Waals surface area contributed by atoms with Gasteiger partial charge in [-0.3, -0.25) is 28.9 Å². The van der Waals surface area contributed by atoms with E-state index in [1.54, 1.807) is 0 Å². The first kappa shape index (κ1) is 64.0. The number of aromatic hydroxyl groups is 3. The quantitative estimate of drug-likeness (QED) is 0.0456. The molecular weight excluding hydrogens is 1020 g/mol. The number of esters is 3.